The molecule has 0 bridgehead atoms. The maximum atomic E-state index is 8.62. The van der Waals surface area contributed by atoms with E-state index in [1.165, 1.54) is 11.1 Å². The molecule has 1 heterocycles. The zero-order valence-corrected chi connectivity index (χ0v) is 10.1. The number of rotatable bonds is 3. The predicted octanol–water partition coefficient (Wildman–Crippen LogP) is 2.99. The van der Waals surface area contributed by atoms with Gasteiger partial charge in [-0.05, 0) is 35.9 Å². The summed E-state index contributed by atoms with van der Waals surface area (Å²) in [7, 11) is 0. The second-order valence-electron chi connectivity index (χ2n) is 4.09. The van der Waals surface area contributed by atoms with Crippen LogP contribution in [0.2, 0.25) is 0 Å². The fourth-order valence-electron chi connectivity index (χ4n) is 1.89. The van der Waals surface area contributed by atoms with E-state index in [1.54, 1.807) is 0 Å². The Morgan fingerprint density at radius 2 is 2.06 bits per heavy atom. The minimum atomic E-state index is 0.485. The summed E-state index contributed by atoms with van der Waals surface area (Å²) in [4.78, 5) is 2.26. The highest BCUT2D eigenvalue weighted by atomic mass is 15.1. The first-order chi connectivity index (χ1) is 8.33. The van der Waals surface area contributed by atoms with Crippen molar-refractivity contribution in [1.82, 2.24) is 4.90 Å². The smallest absolute Gasteiger partial charge is 0.0669 e. The molecular formula is C15H16N2. The van der Waals surface area contributed by atoms with Gasteiger partial charge in [-0.15, -0.1) is 0 Å². The molecule has 0 aromatic heterocycles. The molecule has 0 saturated heterocycles. The van der Waals surface area contributed by atoms with Crippen molar-refractivity contribution in [3.05, 3.63) is 53.7 Å². The first-order valence-electron chi connectivity index (χ1n) is 5.92. The van der Waals surface area contributed by atoms with Crippen molar-refractivity contribution in [3.63, 3.8) is 0 Å². The van der Waals surface area contributed by atoms with Crippen LogP contribution in [0.5, 0.6) is 0 Å². The number of hydrogen-bond donors (Lipinski definition) is 0. The first-order valence-corrected chi connectivity index (χ1v) is 5.92. The monoisotopic (exact) mass is 224 g/mol. The van der Waals surface area contributed by atoms with E-state index in [4.69, 9.17) is 5.26 Å². The summed E-state index contributed by atoms with van der Waals surface area (Å²) in [5.41, 5.74) is 3.56. The Morgan fingerprint density at radius 3 is 2.59 bits per heavy atom. The van der Waals surface area contributed by atoms with E-state index in [0.717, 1.165) is 18.7 Å². The predicted molar refractivity (Wildman–Crippen MR) is 70.1 cm³/mol. The van der Waals surface area contributed by atoms with E-state index in [-0.39, 0.29) is 0 Å². The zero-order valence-electron chi connectivity index (χ0n) is 10.1. The maximum Gasteiger partial charge on any atom is 0.0669 e. The van der Waals surface area contributed by atoms with Crippen LogP contribution in [0.1, 0.15) is 18.1 Å². The van der Waals surface area contributed by atoms with E-state index in [2.05, 4.69) is 48.4 Å². The van der Waals surface area contributed by atoms with Crippen molar-refractivity contribution in [2.24, 2.45) is 0 Å². The van der Waals surface area contributed by atoms with E-state index in [9.17, 15) is 0 Å². The topological polar surface area (TPSA) is 27.0 Å². The number of allylic oxidation sites excluding steroid dienone is 2. The third-order valence-corrected chi connectivity index (χ3v) is 2.99. The molecule has 17 heavy (non-hydrogen) atoms. The fraction of sp³-hybridized carbons (Fsp3) is 0.267. The lowest BCUT2D eigenvalue weighted by atomic mass is 10.0. The van der Waals surface area contributed by atoms with Crippen molar-refractivity contribution in [3.8, 4) is 6.07 Å². The van der Waals surface area contributed by atoms with Crippen molar-refractivity contribution < 1.29 is 0 Å². The van der Waals surface area contributed by atoms with Crippen LogP contribution in [0.4, 0.5) is 0 Å². The van der Waals surface area contributed by atoms with Crippen LogP contribution < -0.4 is 0 Å². The van der Waals surface area contributed by atoms with Crippen LogP contribution in [0.25, 0.3) is 5.57 Å². The summed E-state index contributed by atoms with van der Waals surface area (Å²) in [6, 6.07) is 10.4. The molecule has 0 N–H and O–H groups in total. The van der Waals surface area contributed by atoms with Crippen LogP contribution in [0.3, 0.4) is 0 Å². The summed E-state index contributed by atoms with van der Waals surface area (Å²) in [5.74, 6) is 0. The SMILES string of the molecule is CCN1C=CC(c2ccc(CC#N)cc2)=CC1. The third kappa shape index (κ3) is 2.76. The van der Waals surface area contributed by atoms with E-state index in [1.807, 2.05) is 12.1 Å². The van der Waals surface area contributed by atoms with Crippen molar-refractivity contribution in [2.75, 3.05) is 13.1 Å². The number of nitriles is 1. The molecule has 86 valence electrons. The van der Waals surface area contributed by atoms with Crippen molar-refractivity contribution >= 4 is 5.57 Å². The summed E-state index contributed by atoms with van der Waals surface area (Å²) in [6.45, 7) is 4.17. The molecule has 1 aliphatic rings. The molecule has 0 amide bonds. The highest BCUT2D eigenvalue weighted by Crippen LogP contribution is 2.20. The van der Waals surface area contributed by atoms with Gasteiger partial charge in [0.1, 0.15) is 0 Å². The summed E-state index contributed by atoms with van der Waals surface area (Å²) < 4.78 is 0. The maximum absolute atomic E-state index is 8.62. The Kier molecular flexibility index (Phi) is 3.62. The second kappa shape index (κ2) is 5.36. The molecule has 1 aromatic rings. The van der Waals surface area contributed by atoms with Gasteiger partial charge in [-0.2, -0.15) is 5.26 Å². The van der Waals surface area contributed by atoms with Gasteiger partial charge in [0.25, 0.3) is 0 Å². The van der Waals surface area contributed by atoms with Gasteiger partial charge in [-0.25, -0.2) is 0 Å². The standard InChI is InChI=1S/C15H16N2/c1-2-17-11-8-15(9-12-17)14-5-3-13(4-6-14)7-10-16/h3-6,8-9,11H,2,7,12H2,1H3. The molecule has 0 atom stereocenters. The summed E-state index contributed by atoms with van der Waals surface area (Å²) in [5, 5.41) is 8.62. The molecule has 1 aromatic carbocycles. The molecule has 1 aliphatic heterocycles. The largest absolute Gasteiger partial charge is 0.374 e. The van der Waals surface area contributed by atoms with E-state index >= 15 is 0 Å². The lowest BCUT2D eigenvalue weighted by molar-refractivity contribution is 0.437. The van der Waals surface area contributed by atoms with Crippen molar-refractivity contribution in [2.45, 2.75) is 13.3 Å². The Labute approximate surface area is 102 Å². The molecule has 2 nitrogen and oxygen atoms in total. The highest BCUT2D eigenvalue weighted by Gasteiger charge is 2.04. The van der Waals surface area contributed by atoms with Crippen LogP contribution in [0.15, 0.2) is 42.6 Å². The van der Waals surface area contributed by atoms with Crippen LogP contribution in [0, 0.1) is 11.3 Å². The van der Waals surface area contributed by atoms with Gasteiger partial charge in [0.15, 0.2) is 0 Å². The van der Waals surface area contributed by atoms with Gasteiger partial charge < -0.3 is 4.90 Å². The molecule has 0 saturated carbocycles. The average Bonchev–Trinajstić information content (AvgIpc) is 2.40. The van der Waals surface area contributed by atoms with Crippen LogP contribution in [-0.2, 0) is 6.42 Å². The third-order valence-electron chi connectivity index (χ3n) is 2.99. The minimum Gasteiger partial charge on any atom is -0.374 e. The van der Waals surface area contributed by atoms with Gasteiger partial charge in [-0.3, -0.25) is 0 Å². The summed E-state index contributed by atoms with van der Waals surface area (Å²) >= 11 is 0. The normalized spacial score (nSPS) is 14.4. The molecule has 0 spiro atoms. The number of nitrogens with zero attached hydrogens (tertiary/aromatic N) is 2. The molecule has 0 radical (unpaired) electrons. The quantitative estimate of drug-likeness (QED) is 0.789. The molecular weight excluding hydrogens is 208 g/mol. The van der Waals surface area contributed by atoms with Crippen LogP contribution in [-0.4, -0.2) is 18.0 Å². The molecule has 0 fully saturated rings. The lowest BCUT2D eigenvalue weighted by Gasteiger charge is -2.20. The zero-order chi connectivity index (χ0) is 12.1. The molecule has 0 unspecified atom stereocenters. The van der Waals surface area contributed by atoms with Gasteiger partial charge in [-0.1, -0.05) is 30.3 Å². The Balaban J connectivity index is 2.12. The minimum absolute atomic E-state index is 0.485. The molecule has 2 heteroatoms. The van der Waals surface area contributed by atoms with E-state index in [0.29, 0.717) is 6.42 Å². The number of likely N-dealkylation sites (N-methyl/N-ethyl adjacent to an activating group) is 1. The average molecular weight is 224 g/mol. The summed E-state index contributed by atoms with van der Waals surface area (Å²) in [6.07, 6.45) is 7.01. The fourth-order valence-corrected chi connectivity index (χ4v) is 1.89. The molecule has 0 aliphatic carbocycles. The van der Waals surface area contributed by atoms with Crippen molar-refractivity contribution in [1.29, 1.82) is 5.26 Å². The second-order valence-corrected chi connectivity index (χ2v) is 4.09. The van der Waals surface area contributed by atoms with Gasteiger partial charge >= 0.3 is 0 Å². The first kappa shape index (κ1) is 11.5. The lowest BCUT2D eigenvalue weighted by Crippen LogP contribution is -2.18. The number of hydrogen-bond acceptors (Lipinski definition) is 2. The highest BCUT2D eigenvalue weighted by molar-refractivity contribution is 5.74. The van der Waals surface area contributed by atoms with E-state index < -0.39 is 0 Å². The van der Waals surface area contributed by atoms with Gasteiger partial charge in [0.2, 0.25) is 0 Å². The molecule has 2 rings (SSSR count). The van der Waals surface area contributed by atoms with Gasteiger partial charge in [0.05, 0.1) is 12.5 Å². The van der Waals surface area contributed by atoms with Gasteiger partial charge in [0, 0.05) is 13.1 Å². The Hall–Kier alpha value is -2.01. The van der Waals surface area contributed by atoms with Crippen LogP contribution >= 0.6 is 0 Å². The Bertz CT molecular complexity index is 475. The number of benzene rings is 1. The Morgan fingerprint density at radius 1 is 1.29 bits per heavy atom.